The fourth-order valence-electron chi connectivity index (χ4n) is 1.98. The maximum Gasteiger partial charge on any atom is 0.142 e. The zero-order chi connectivity index (χ0) is 14.5. The van der Waals surface area contributed by atoms with Crippen molar-refractivity contribution in [3.8, 4) is 11.5 Å². The van der Waals surface area contributed by atoms with E-state index in [1.165, 1.54) is 11.1 Å². The molecule has 0 unspecified atom stereocenters. The minimum absolute atomic E-state index is 0.473. The smallest absolute Gasteiger partial charge is 0.142 e. The summed E-state index contributed by atoms with van der Waals surface area (Å²) in [5.41, 5.74) is 10.1. The van der Waals surface area contributed by atoms with Gasteiger partial charge in [-0.3, -0.25) is 0 Å². The summed E-state index contributed by atoms with van der Waals surface area (Å²) in [5.74, 6) is 1.62. The predicted octanol–water partition coefficient (Wildman–Crippen LogP) is 3.65. The van der Waals surface area contributed by atoms with Crippen molar-refractivity contribution in [1.29, 1.82) is 0 Å². The van der Waals surface area contributed by atoms with Gasteiger partial charge in [0.2, 0.25) is 0 Å². The molecule has 0 aliphatic heterocycles. The summed E-state index contributed by atoms with van der Waals surface area (Å²) in [7, 11) is 0. The highest BCUT2D eigenvalue weighted by atomic mass is 16.5. The highest BCUT2D eigenvalue weighted by Crippen LogP contribution is 2.23. The van der Waals surface area contributed by atoms with Crippen LogP contribution in [0.5, 0.6) is 11.5 Å². The Balaban J connectivity index is 1.86. The Morgan fingerprint density at radius 2 is 1.60 bits per heavy atom. The van der Waals surface area contributed by atoms with Crippen LogP contribution in [0.2, 0.25) is 0 Å². The topological polar surface area (TPSA) is 44.5 Å². The first-order valence-corrected chi connectivity index (χ1v) is 6.76. The van der Waals surface area contributed by atoms with Gasteiger partial charge in [-0.25, -0.2) is 0 Å². The van der Waals surface area contributed by atoms with Crippen LogP contribution in [0.4, 0.5) is 5.69 Å². The molecule has 2 rings (SSSR count). The lowest BCUT2D eigenvalue weighted by Crippen LogP contribution is -2.10. The molecule has 0 aromatic heterocycles. The molecule has 2 aromatic carbocycles. The number of rotatable bonds is 5. The SMILES string of the molecule is Cc1ccc(OCCOc2cccc(C)c2C)c(N)c1. The third-order valence-corrected chi connectivity index (χ3v) is 3.32. The van der Waals surface area contributed by atoms with E-state index in [4.69, 9.17) is 15.2 Å². The van der Waals surface area contributed by atoms with Crippen molar-refractivity contribution in [1.82, 2.24) is 0 Å². The molecule has 3 nitrogen and oxygen atoms in total. The Hall–Kier alpha value is -2.16. The zero-order valence-corrected chi connectivity index (χ0v) is 12.3. The largest absolute Gasteiger partial charge is 0.490 e. The van der Waals surface area contributed by atoms with Crippen molar-refractivity contribution in [2.45, 2.75) is 20.8 Å². The first kappa shape index (κ1) is 14.3. The molecule has 3 heteroatoms. The molecule has 106 valence electrons. The van der Waals surface area contributed by atoms with Crippen LogP contribution in [0.15, 0.2) is 36.4 Å². The summed E-state index contributed by atoms with van der Waals surface area (Å²) in [6.45, 7) is 7.11. The summed E-state index contributed by atoms with van der Waals surface area (Å²) in [4.78, 5) is 0. The van der Waals surface area contributed by atoms with Gasteiger partial charge in [-0.15, -0.1) is 0 Å². The fraction of sp³-hybridized carbons (Fsp3) is 0.294. The summed E-state index contributed by atoms with van der Waals surface area (Å²) in [5, 5.41) is 0. The number of benzene rings is 2. The van der Waals surface area contributed by atoms with E-state index in [-0.39, 0.29) is 0 Å². The molecule has 0 radical (unpaired) electrons. The van der Waals surface area contributed by atoms with Gasteiger partial charge in [-0.2, -0.15) is 0 Å². The van der Waals surface area contributed by atoms with E-state index in [2.05, 4.69) is 19.9 Å². The molecular formula is C17H21NO2. The Morgan fingerprint density at radius 1 is 0.900 bits per heavy atom. The summed E-state index contributed by atoms with van der Waals surface area (Å²) in [6, 6.07) is 11.8. The number of anilines is 1. The molecule has 0 saturated carbocycles. The van der Waals surface area contributed by atoms with Crippen LogP contribution in [0.1, 0.15) is 16.7 Å². The second-order valence-electron chi connectivity index (χ2n) is 4.94. The fourth-order valence-corrected chi connectivity index (χ4v) is 1.98. The molecule has 2 aromatic rings. The van der Waals surface area contributed by atoms with Crippen molar-refractivity contribution in [2.75, 3.05) is 18.9 Å². The van der Waals surface area contributed by atoms with Crippen molar-refractivity contribution in [2.24, 2.45) is 0 Å². The van der Waals surface area contributed by atoms with Crippen molar-refractivity contribution < 1.29 is 9.47 Å². The van der Waals surface area contributed by atoms with Crippen LogP contribution in [0, 0.1) is 20.8 Å². The third-order valence-electron chi connectivity index (χ3n) is 3.32. The Bertz CT molecular complexity index is 594. The Labute approximate surface area is 120 Å². The molecule has 0 aliphatic carbocycles. The van der Waals surface area contributed by atoms with Crippen LogP contribution in [0.25, 0.3) is 0 Å². The van der Waals surface area contributed by atoms with E-state index in [0.717, 1.165) is 11.3 Å². The van der Waals surface area contributed by atoms with E-state index >= 15 is 0 Å². The van der Waals surface area contributed by atoms with Gasteiger partial charge < -0.3 is 15.2 Å². The molecule has 0 saturated heterocycles. The van der Waals surface area contributed by atoms with Gasteiger partial charge in [0.25, 0.3) is 0 Å². The second-order valence-corrected chi connectivity index (χ2v) is 4.94. The zero-order valence-electron chi connectivity index (χ0n) is 12.3. The van der Waals surface area contributed by atoms with Crippen molar-refractivity contribution in [3.63, 3.8) is 0 Å². The van der Waals surface area contributed by atoms with Gasteiger partial charge >= 0.3 is 0 Å². The molecule has 0 bridgehead atoms. The van der Waals surface area contributed by atoms with E-state index < -0.39 is 0 Å². The molecule has 0 heterocycles. The van der Waals surface area contributed by atoms with Gasteiger partial charge in [0.05, 0.1) is 5.69 Å². The third kappa shape index (κ3) is 3.44. The molecule has 0 amide bonds. The molecular weight excluding hydrogens is 250 g/mol. The molecule has 2 N–H and O–H groups in total. The predicted molar refractivity (Wildman–Crippen MR) is 82.5 cm³/mol. The van der Waals surface area contributed by atoms with Crippen LogP contribution >= 0.6 is 0 Å². The van der Waals surface area contributed by atoms with E-state index in [0.29, 0.717) is 24.7 Å². The number of aryl methyl sites for hydroxylation is 2. The molecule has 0 fully saturated rings. The Morgan fingerprint density at radius 3 is 2.30 bits per heavy atom. The Kier molecular flexibility index (Phi) is 4.51. The average molecular weight is 271 g/mol. The lowest BCUT2D eigenvalue weighted by molar-refractivity contribution is 0.217. The van der Waals surface area contributed by atoms with Gasteiger partial charge in [0.1, 0.15) is 24.7 Å². The van der Waals surface area contributed by atoms with Gasteiger partial charge in [0.15, 0.2) is 0 Å². The van der Waals surface area contributed by atoms with Crippen LogP contribution in [-0.4, -0.2) is 13.2 Å². The number of hydrogen-bond donors (Lipinski definition) is 1. The maximum atomic E-state index is 5.89. The quantitative estimate of drug-likeness (QED) is 0.667. The van der Waals surface area contributed by atoms with E-state index in [1.54, 1.807) is 0 Å². The summed E-state index contributed by atoms with van der Waals surface area (Å²) >= 11 is 0. The van der Waals surface area contributed by atoms with E-state index in [9.17, 15) is 0 Å². The molecule has 0 aliphatic rings. The standard InChI is InChI=1S/C17H21NO2/c1-12-7-8-17(15(18)11-12)20-10-9-19-16-6-4-5-13(2)14(16)3/h4-8,11H,9-10,18H2,1-3H3. The normalized spacial score (nSPS) is 10.3. The summed E-state index contributed by atoms with van der Waals surface area (Å²) < 4.78 is 11.4. The van der Waals surface area contributed by atoms with Crippen molar-refractivity contribution >= 4 is 5.69 Å². The number of nitrogens with two attached hydrogens (primary N) is 1. The highest BCUT2D eigenvalue weighted by molar-refractivity contribution is 5.54. The lowest BCUT2D eigenvalue weighted by atomic mass is 10.1. The van der Waals surface area contributed by atoms with Crippen molar-refractivity contribution in [3.05, 3.63) is 53.1 Å². The van der Waals surface area contributed by atoms with Gasteiger partial charge in [-0.05, 0) is 55.7 Å². The lowest BCUT2D eigenvalue weighted by Gasteiger charge is -2.12. The molecule has 0 spiro atoms. The molecule has 20 heavy (non-hydrogen) atoms. The number of nitrogen functional groups attached to an aromatic ring is 1. The van der Waals surface area contributed by atoms with E-state index in [1.807, 2.05) is 37.3 Å². The summed E-state index contributed by atoms with van der Waals surface area (Å²) in [6.07, 6.45) is 0. The highest BCUT2D eigenvalue weighted by Gasteiger charge is 2.03. The van der Waals surface area contributed by atoms with Crippen LogP contribution in [-0.2, 0) is 0 Å². The number of hydrogen-bond acceptors (Lipinski definition) is 3. The number of ether oxygens (including phenoxy) is 2. The first-order valence-electron chi connectivity index (χ1n) is 6.76. The van der Waals surface area contributed by atoms with Crippen LogP contribution < -0.4 is 15.2 Å². The second kappa shape index (κ2) is 6.33. The average Bonchev–Trinajstić information content (AvgIpc) is 2.41. The monoisotopic (exact) mass is 271 g/mol. The van der Waals surface area contributed by atoms with Gasteiger partial charge in [0, 0.05) is 0 Å². The minimum Gasteiger partial charge on any atom is -0.490 e. The first-order chi connectivity index (χ1) is 9.58. The maximum absolute atomic E-state index is 5.89. The van der Waals surface area contributed by atoms with Crippen LogP contribution in [0.3, 0.4) is 0 Å². The minimum atomic E-state index is 0.473. The van der Waals surface area contributed by atoms with Gasteiger partial charge in [-0.1, -0.05) is 18.2 Å². The molecule has 0 atom stereocenters.